The summed E-state index contributed by atoms with van der Waals surface area (Å²) in [5.41, 5.74) is 3.33. The Morgan fingerprint density at radius 3 is 2.36 bits per heavy atom. The van der Waals surface area contributed by atoms with Gasteiger partial charge in [-0.05, 0) is 69.5 Å². The van der Waals surface area contributed by atoms with Gasteiger partial charge in [-0.3, -0.25) is 4.68 Å². The number of nitrogens with zero attached hydrogens (tertiary/aromatic N) is 5. The smallest absolute Gasteiger partial charge is 0.269 e. The predicted molar refractivity (Wildman–Crippen MR) is 130 cm³/mol. The molecule has 0 atom stereocenters. The molecule has 0 amide bonds. The number of fused-ring (bicyclic) bond motifs is 1. The summed E-state index contributed by atoms with van der Waals surface area (Å²) >= 11 is 0. The van der Waals surface area contributed by atoms with Crippen LogP contribution in [0.15, 0.2) is 66.1 Å². The average Bonchev–Trinajstić information content (AvgIpc) is 3.43. The zero-order valence-corrected chi connectivity index (χ0v) is 20.0. The number of aryl methyl sites for hydroxylation is 1. The topological polar surface area (TPSA) is 73.0 Å². The zero-order chi connectivity index (χ0) is 23.2. The molecular weight excluding hydrogens is 434 g/mol. The molecule has 8 heteroatoms. The Balaban J connectivity index is 1.62. The van der Waals surface area contributed by atoms with Gasteiger partial charge >= 0.3 is 0 Å². The van der Waals surface area contributed by atoms with Crippen molar-refractivity contribution in [2.75, 3.05) is 14.1 Å². The van der Waals surface area contributed by atoms with Crippen molar-refractivity contribution in [3.05, 3.63) is 66.7 Å². The number of aromatic nitrogens is 4. The molecule has 1 fully saturated rings. The van der Waals surface area contributed by atoms with E-state index in [0.717, 1.165) is 42.2 Å². The molecule has 0 unspecified atom stereocenters. The zero-order valence-electron chi connectivity index (χ0n) is 19.2. The van der Waals surface area contributed by atoms with E-state index in [4.69, 9.17) is 4.98 Å². The number of hydrogen-bond donors (Lipinski definition) is 0. The fourth-order valence-electron chi connectivity index (χ4n) is 4.92. The Bertz CT molecular complexity index is 1380. The van der Waals surface area contributed by atoms with E-state index in [1.165, 1.54) is 9.54 Å². The average molecular weight is 464 g/mol. The lowest BCUT2D eigenvalue weighted by Gasteiger charge is -2.32. The van der Waals surface area contributed by atoms with Crippen LogP contribution in [0.4, 0.5) is 0 Å². The quantitative estimate of drug-likeness (QED) is 0.442. The third kappa shape index (κ3) is 3.98. The third-order valence-corrected chi connectivity index (χ3v) is 8.51. The van der Waals surface area contributed by atoms with Crippen LogP contribution in [0.2, 0.25) is 0 Å². The van der Waals surface area contributed by atoms with Crippen molar-refractivity contribution < 1.29 is 8.42 Å². The van der Waals surface area contributed by atoms with Gasteiger partial charge in [0, 0.05) is 48.2 Å². The number of rotatable bonds is 5. The first-order valence-electron chi connectivity index (χ1n) is 11.3. The standard InChI is InChI=1S/C25H29N5O2S/c1-28(2)21-11-9-18(10-12-21)19-13-23-24(20-15-27-29(3)16-20)17-30(25(23)26-14-19)33(31,32)22-7-5-4-6-8-22/h4-8,13-18,21H,9-12H2,1-3H3. The Labute approximate surface area is 194 Å². The van der Waals surface area contributed by atoms with E-state index in [9.17, 15) is 8.42 Å². The van der Waals surface area contributed by atoms with Gasteiger partial charge in [0.1, 0.15) is 0 Å². The van der Waals surface area contributed by atoms with Crippen LogP contribution in [0.3, 0.4) is 0 Å². The van der Waals surface area contributed by atoms with Crippen molar-refractivity contribution in [2.24, 2.45) is 7.05 Å². The van der Waals surface area contributed by atoms with Crippen LogP contribution in [-0.2, 0) is 17.1 Å². The first-order valence-corrected chi connectivity index (χ1v) is 12.8. The Kier molecular flexibility index (Phi) is 5.58. The van der Waals surface area contributed by atoms with E-state index in [-0.39, 0.29) is 4.90 Å². The van der Waals surface area contributed by atoms with Crippen LogP contribution in [-0.4, -0.2) is 52.2 Å². The summed E-state index contributed by atoms with van der Waals surface area (Å²) in [4.78, 5) is 7.26. The van der Waals surface area contributed by atoms with Crippen LogP contribution < -0.4 is 0 Å². The van der Waals surface area contributed by atoms with Crippen LogP contribution in [0, 0.1) is 0 Å². The Morgan fingerprint density at radius 2 is 1.73 bits per heavy atom. The van der Waals surface area contributed by atoms with Gasteiger partial charge in [-0.25, -0.2) is 17.4 Å². The van der Waals surface area contributed by atoms with Crippen LogP contribution in [0.25, 0.3) is 22.2 Å². The molecule has 1 aliphatic carbocycles. The predicted octanol–water partition coefficient (Wildman–Crippen LogP) is 4.26. The second-order valence-electron chi connectivity index (χ2n) is 9.17. The molecule has 0 N–H and O–H groups in total. The van der Waals surface area contributed by atoms with Crippen LogP contribution in [0.5, 0.6) is 0 Å². The van der Waals surface area contributed by atoms with Gasteiger partial charge < -0.3 is 4.90 Å². The molecule has 1 saturated carbocycles. The molecule has 0 aliphatic heterocycles. The summed E-state index contributed by atoms with van der Waals surface area (Å²) in [5, 5.41) is 5.14. The minimum Gasteiger partial charge on any atom is -0.306 e. The molecule has 3 heterocycles. The van der Waals surface area contributed by atoms with Crippen molar-refractivity contribution in [1.82, 2.24) is 23.6 Å². The van der Waals surface area contributed by atoms with Gasteiger partial charge in [0.2, 0.25) is 0 Å². The highest BCUT2D eigenvalue weighted by Gasteiger charge is 2.27. The summed E-state index contributed by atoms with van der Waals surface area (Å²) in [7, 11) is 2.37. The summed E-state index contributed by atoms with van der Waals surface area (Å²) in [6, 6.07) is 11.3. The second kappa shape index (κ2) is 8.43. The lowest BCUT2D eigenvalue weighted by Crippen LogP contribution is -2.31. The number of benzene rings is 1. The summed E-state index contributed by atoms with van der Waals surface area (Å²) < 4.78 is 30.0. The summed E-state index contributed by atoms with van der Waals surface area (Å²) in [5.74, 6) is 0.439. The first-order chi connectivity index (χ1) is 15.8. The molecule has 7 nitrogen and oxygen atoms in total. The summed E-state index contributed by atoms with van der Waals surface area (Å²) in [6.45, 7) is 0. The fraction of sp³-hybridized carbons (Fsp3) is 0.360. The fourth-order valence-corrected chi connectivity index (χ4v) is 6.27. The first kappa shape index (κ1) is 21.9. The molecule has 1 aliphatic rings. The van der Waals surface area contributed by atoms with E-state index in [0.29, 0.717) is 17.6 Å². The lowest BCUT2D eigenvalue weighted by atomic mass is 9.81. The van der Waals surface area contributed by atoms with E-state index in [1.54, 1.807) is 41.3 Å². The van der Waals surface area contributed by atoms with Crippen LogP contribution in [0.1, 0.15) is 37.2 Å². The SMILES string of the molecule is CN(C)C1CCC(c2cnc3c(c2)c(-c2cnn(C)c2)cn3S(=O)(=O)c2ccccc2)CC1. The van der Waals surface area contributed by atoms with Gasteiger partial charge in [-0.1, -0.05) is 18.2 Å². The maximum absolute atomic E-state index is 13.5. The normalized spacial score (nSPS) is 19.4. The van der Waals surface area contributed by atoms with Gasteiger partial charge in [-0.15, -0.1) is 0 Å². The molecule has 0 spiro atoms. The minimum atomic E-state index is -3.78. The molecule has 172 valence electrons. The highest BCUT2D eigenvalue weighted by atomic mass is 32.2. The maximum Gasteiger partial charge on any atom is 0.269 e. The highest BCUT2D eigenvalue weighted by molar-refractivity contribution is 7.90. The molecule has 0 bridgehead atoms. The molecule has 4 aromatic rings. The van der Waals surface area contributed by atoms with Gasteiger partial charge in [0.05, 0.1) is 11.1 Å². The number of hydrogen-bond acceptors (Lipinski definition) is 5. The summed E-state index contributed by atoms with van der Waals surface area (Å²) in [6.07, 6.45) is 11.8. The van der Waals surface area contributed by atoms with Crippen molar-refractivity contribution in [1.29, 1.82) is 0 Å². The molecule has 3 aromatic heterocycles. The molecular formula is C25H29N5O2S. The van der Waals surface area contributed by atoms with Crippen LogP contribution >= 0.6 is 0 Å². The maximum atomic E-state index is 13.5. The molecule has 0 saturated heterocycles. The van der Waals surface area contributed by atoms with E-state index >= 15 is 0 Å². The van der Waals surface area contributed by atoms with Crippen molar-refractivity contribution in [3.8, 4) is 11.1 Å². The molecule has 33 heavy (non-hydrogen) atoms. The van der Waals surface area contributed by atoms with Gasteiger partial charge in [0.25, 0.3) is 10.0 Å². The molecule has 0 radical (unpaired) electrons. The monoisotopic (exact) mass is 463 g/mol. The minimum absolute atomic E-state index is 0.243. The van der Waals surface area contributed by atoms with E-state index < -0.39 is 10.0 Å². The molecule has 1 aromatic carbocycles. The van der Waals surface area contributed by atoms with Crippen molar-refractivity contribution >= 4 is 21.1 Å². The number of pyridine rings is 1. The molecule has 5 rings (SSSR count). The largest absolute Gasteiger partial charge is 0.306 e. The van der Waals surface area contributed by atoms with E-state index in [1.807, 2.05) is 25.5 Å². The van der Waals surface area contributed by atoms with E-state index in [2.05, 4.69) is 30.2 Å². The van der Waals surface area contributed by atoms with Gasteiger partial charge in [-0.2, -0.15) is 5.10 Å². The Morgan fingerprint density at radius 1 is 1.00 bits per heavy atom. The lowest BCUT2D eigenvalue weighted by molar-refractivity contribution is 0.216. The van der Waals surface area contributed by atoms with Crippen molar-refractivity contribution in [2.45, 2.75) is 42.5 Å². The second-order valence-corrected chi connectivity index (χ2v) is 11.0. The Hall–Kier alpha value is -2.97. The highest BCUT2D eigenvalue weighted by Crippen LogP contribution is 2.38. The van der Waals surface area contributed by atoms with Crippen molar-refractivity contribution in [3.63, 3.8) is 0 Å². The van der Waals surface area contributed by atoms with Gasteiger partial charge in [0.15, 0.2) is 5.65 Å². The third-order valence-electron chi connectivity index (χ3n) is 6.85.